The van der Waals surface area contributed by atoms with Crippen molar-refractivity contribution < 1.29 is 4.79 Å². The first kappa shape index (κ1) is 11.0. The molecule has 1 aromatic rings. The molecule has 0 atom stereocenters. The Kier molecular flexibility index (Phi) is 3.32. The number of hydrogen-bond acceptors (Lipinski definition) is 1. The van der Waals surface area contributed by atoms with Crippen LogP contribution in [0.4, 0.5) is 0 Å². The third kappa shape index (κ3) is 2.73. The summed E-state index contributed by atoms with van der Waals surface area (Å²) >= 11 is 11.7. The van der Waals surface area contributed by atoms with E-state index in [9.17, 15) is 4.79 Å². The highest BCUT2D eigenvalue weighted by atomic mass is 35.5. The Hall–Kier alpha value is -0.530. The number of rotatable bonds is 3. The molecule has 80 valence electrons. The molecule has 2 rings (SSSR count). The van der Waals surface area contributed by atoms with Crippen LogP contribution in [0.5, 0.6) is 0 Å². The molecule has 1 aromatic carbocycles. The minimum absolute atomic E-state index is 0.157. The molecule has 1 fully saturated rings. The maximum absolute atomic E-state index is 11.8. The Bertz CT molecular complexity index is 363. The van der Waals surface area contributed by atoms with Crippen LogP contribution in [0.1, 0.15) is 36.0 Å². The molecule has 0 radical (unpaired) electrons. The summed E-state index contributed by atoms with van der Waals surface area (Å²) in [6.45, 7) is 0. The van der Waals surface area contributed by atoms with Crippen molar-refractivity contribution in [1.29, 1.82) is 0 Å². The average molecular weight is 243 g/mol. The summed E-state index contributed by atoms with van der Waals surface area (Å²) in [4.78, 5) is 11.8. The molecule has 0 bridgehead atoms. The van der Waals surface area contributed by atoms with Crippen LogP contribution < -0.4 is 0 Å². The van der Waals surface area contributed by atoms with Gasteiger partial charge in [0.2, 0.25) is 0 Å². The first-order chi connectivity index (χ1) is 7.15. The van der Waals surface area contributed by atoms with Crippen LogP contribution in [0.3, 0.4) is 0 Å². The highest BCUT2D eigenvalue weighted by Gasteiger charge is 2.21. The molecule has 0 spiro atoms. The molecule has 0 N–H and O–H groups in total. The molecular formula is C12H12Cl2O. The lowest BCUT2D eigenvalue weighted by Crippen LogP contribution is -2.15. The minimum atomic E-state index is 0.157. The van der Waals surface area contributed by atoms with Crippen molar-refractivity contribution in [2.24, 2.45) is 5.92 Å². The molecule has 0 unspecified atom stereocenters. The fourth-order valence-electron chi connectivity index (χ4n) is 1.79. The molecule has 1 aliphatic rings. The fraction of sp³-hybridized carbons (Fsp3) is 0.417. The number of halogens is 2. The molecule has 0 aliphatic heterocycles. The molecule has 0 heterocycles. The summed E-state index contributed by atoms with van der Waals surface area (Å²) in [5.41, 5.74) is 0.638. The zero-order chi connectivity index (χ0) is 10.8. The molecule has 3 heteroatoms. The normalized spacial score (nSPS) is 16.1. The maximum atomic E-state index is 11.8. The van der Waals surface area contributed by atoms with E-state index in [2.05, 4.69) is 0 Å². The highest BCUT2D eigenvalue weighted by molar-refractivity contribution is 6.35. The van der Waals surface area contributed by atoms with Gasteiger partial charge in [0.05, 0.1) is 0 Å². The number of hydrogen-bond donors (Lipinski definition) is 0. The number of carbonyl (C=O) groups excluding carboxylic acids is 1. The Balaban J connectivity index is 2.10. The van der Waals surface area contributed by atoms with Crippen LogP contribution in [-0.4, -0.2) is 5.78 Å². The van der Waals surface area contributed by atoms with E-state index in [1.165, 1.54) is 19.3 Å². The van der Waals surface area contributed by atoms with E-state index in [-0.39, 0.29) is 5.78 Å². The number of Topliss-reactive ketones (excluding diaryl/α,β-unsaturated/α-hetero) is 1. The predicted molar refractivity (Wildman–Crippen MR) is 62.8 cm³/mol. The summed E-state index contributed by atoms with van der Waals surface area (Å²) in [5, 5.41) is 1.05. The molecule has 15 heavy (non-hydrogen) atoms. The van der Waals surface area contributed by atoms with Gasteiger partial charge in [-0.1, -0.05) is 42.5 Å². The van der Waals surface area contributed by atoms with E-state index < -0.39 is 0 Å². The Morgan fingerprint density at radius 2 is 1.80 bits per heavy atom. The monoisotopic (exact) mass is 242 g/mol. The van der Waals surface area contributed by atoms with Crippen LogP contribution in [-0.2, 0) is 0 Å². The van der Waals surface area contributed by atoms with Gasteiger partial charge in [0.1, 0.15) is 0 Å². The van der Waals surface area contributed by atoms with Crippen molar-refractivity contribution in [3.05, 3.63) is 33.8 Å². The molecular weight excluding hydrogens is 231 g/mol. The van der Waals surface area contributed by atoms with Gasteiger partial charge < -0.3 is 0 Å². The third-order valence-electron chi connectivity index (χ3n) is 2.88. The van der Waals surface area contributed by atoms with Gasteiger partial charge in [-0.2, -0.15) is 0 Å². The second kappa shape index (κ2) is 4.54. The van der Waals surface area contributed by atoms with Crippen molar-refractivity contribution in [2.45, 2.75) is 25.7 Å². The summed E-state index contributed by atoms with van der Waals surface area (Å²) in [5.74, 6) is 0.736. The first-order valence-electron chi connectivity index (χ1n) is 5.14. The zero-order valence-electron chi connectivity index (χ0n) is 8.30. The number of benzene rings is 1. The lowest BCUT2D eigenvalue weighted by molar-refractivity contribution is 0.0936. The van der Waals surface area contributed by atoms with E-state index in [0.29, 0.717) is 27.9 Å². The van der Waals surface area contributed by atoms with Crippen molar-refractivity contribution in [2.75, 3.05) is 0 Å². The Morgan fingerprint density at radius 3 is 2.27 bits per heavy atom. The summed E-state index contributed by atoms with van der Waals surface area (Å²) in [6.07, 6.45) is 4.25. The first-order valence-corrected chi connectivity index (χ1v) is 5.90. The van der Waals surface area contributed by atoms with E-state index >= 15 is 0 Å². The van der Waals surface area contributed by atoms with Crippen LogP contribution in [0.25, 0.3) is 0 Å². The minimum Gasteiger partial charge on any atom is -0.294 e. The van der Waals surface area contributed by atoms with E-state index in [1.54, 1.807) is 18.2 Å². The summed E-state index contributed by atoms with van der Waals surface area (Å²) in [6, 6.07) is 5.02. The molecule has 0 aromatic heterocycles. The van der Waals surface area contributed by atoms with Crippen LogP contribution in [0.2, 0.25) is 10.0 Å². The van der Waals surface area contributed by atoms with Gasteiger partial charge in [-0.05, 0) is 24.1 Å². The number of carbonyl (C=O) groups is 1. The SMILES string of the molecule is O=C(CC1CCC1)c1cc(Cl)cc(Cl)c1. The van der Waals surface area contributed by atoms with Crippen LogP contribution in [0.15, 0.2) is 18.2 Å². The second-order valence-electron chi connectivity index (χ2n) is 4.08. The van der Waals surface area contributed by atoms with Crippen molar-refractivity contribution in [3.63, 3.8) is 0 Å². The Labute approximate surface area is 99.4 Å². The van der Waals surface area contributed by atoms with Crippen LogP contribution >= 0.6 is 23.2 Å². The van der Waals surface area contributed by atoms with Crippen molar-refractivity contribution in [3.8, 4) is 0 Å². The second-order valence-corrected chi connectivity index (χ2v) is 4.96. The fourth-order valence-corrected chi connectivity index (χ4v) is 2.32. The highest BCUT2D eigenvalue weighted by Crippen LogP contribution is 2.31. The molecule has 1 nitrogen and oxygen atoms in total. The standard InChI is InChI=1S/C12H12Cl2O/c13-10-5-9(6-11(14)7-10)12(15)4-8-2-1-3-8/h5-8H,1-4H2. The van der Waals surface area contributed by atoms with E-state index in [4.69, 9.17) is 23.2 Å². The van der Waals surface area contributed by atoms with Gasteiger partial charge in [-0.3, -0.25) is 4.79 Å². The van der Waals surface area contributed by atoms with E-state index in [0.717, 1.165) is 0 Å². The predicted octanol–water partition coefficient (Wildman–Crippen LogP) is 4.37. The molecule has 0 amide bonds. The maximum Gasteiger partial charge on any atom is 0.163 e. The van der Waals surface area contributed by atoms with Gasteiger partial charge >= 0.3 is 0 Å². The van der Waals surface area contributed by atoms with Gasteiger partial charge in [0, 0.05) is 22.0 Å². The van der Waals surface area contributed by atoms with E-state index in [1.807, 2.05) is 0 Å². The smallest absolute Gasteiger partial charge is 0.163 e. The molecule has 1 saturated carbocycles. The largest absolute Gasteiger partial charge is 0.294 e. The van der Waals surface area contributed by atoms with Gasteiger partial charge in [-0.25, -0.2) is 0 Å². The van der Waals surface area contributed by atoms with Crippen molar-refractivity contribution >= 4 is 29.0 Å². The van der Waals surface area contributed by atoms with Gasteiger partial charge in [0.15, 0.2) is 5.78 Å². The topological polar surface area (TPSA) is 17.1 Å². The molecule has 1 aliphatic carbocycles. The lowest BCUT2D eigenvalue weighted by atomic mass is 9.81. The molecule has 0 saturated heterocycles. The summed E-state index contributed by atoms with van der Waals surface area (Å²) < 4.78 is 0. The van der Waals surface area contributed by atoms with Gasteiger partial charge in [-0.15, -0.1) is 0 Å². The van der Waals surface area contributed by atoms with Crippen LogP contribution in [0, 0.1) is 5.92 Å². The zero-order valence-corrected chi connectivity index (χ0v) is 9.81. The average Bonchev–Trinajstić information content (AvgIpc) is 2.09. The Morgan fingerprint density at radius 1 is 1.20 bits per heavy atom. The summed E-state index contributed by atoms with van der Waals surface area (Å²) in [7, 11) is 0. The lowest BCUT2D eigenvalue weighted by Gasteiger charge is -2.24. The number of ketones is 1. The quantitative estimate of drug-likeness (QED) is 0.720. The third-order valence-corrected chi connectivity index (χ3v) is 3.32. The van der Waals surface area contributed by atoms with Gasteiger partial charge in [0.25, 0.3) is 0 Å². The van der Waals surface area contributed by atoms with Crippen molar-refractivity contribution in [1.82, 2.24) is 0 Å².